The van der Waals surface area contributed by atoms with Crippen molar-refractivity contribution in [3.63, 3.8) is 0 Å². The van der Waals surface area contributed by atoms with E-state index in [2.05, 4.69) is 4.99 Å². The van der Waals surface area contributed by atoms with Crippen molar-refractivity contribution in [1.29, 1.82) is 0 Å². The molecule has 1 amide bonds. The van der Waals surface area contributed by atoms with Crippen LogP contribution in [-0.4, -0.2) is 22.5 Å². The number of aryl methyl sites for hydroxylation is 2. The number of benzene rings is 2. The minimum Gasteiger partial charge on any atom is -0.495 e. The number of rotatable bonds is 3. The van der Waals surface area contributed by atoms with Crippen molar-refractivity contribution in [3.8, 4) is 5.75 Å². The largest absolute Gasteiger partial charge is 0.495 e. The van der Waals surface area contributed by atoms with E-state index in [0.29, 0.717) is 10.6 Å². The number of carbonyl (C=O) groups is 1. The van der Waals surface area contributed by atoms with E-state index < -0.39 is 10.8 Å². The van der Waals surface area contributed by atoms with E-state index in [1.54, 1.807) is 24.8 Å². The lowest BCUT2D eigenvalue weighted by Crippen LogP contribution is -2.14. The van der Waals surface area contributed by atoms with Gasteiger partial charge in [-0.1, -0.05) is 29.5 Å². The fraction of sp³-hybridized carbons (Fsp3) is 0.176. The molecule has 1 heterocycles. The van der Waals surface area contributed by atoms with Crippen LogP contribution in [0.4, 0.5) is 5.69 Å². The van der Waals surface area contributed by atoms with Crippen molar-refractivity contribution in [2.75, 3.05) is 7.11 Å². The molecule has 0 spiro atoms. The smallest absolute Gasteiger partial charge is 0.286 e. The summed E-state index contributed by atoms with van der Waals surface area (Å²) in [4.78, 5) is 27.6. The Morgan fingerprint density at radius 1 is 1.28 bits per heavy atom. The third-order valence-electron chi connectivity index (χ3n) is 3.86. The standard InChI is InChI=1S/C17H15N3O4S/c1-10-8-9-13(24-3)14-15(10)25-17(19(14)2)18-16(21)11-6-4-5-7-12(11)20(22)23/h4-9H,1-3H3. The number of para-hydroxylation sites is 1. The summed E-state index contributed by atoms with van der Waals surface area (Å²) in [6.07, 6.45) is 0. The molecule has 7 nitrogen and oxygen atoms in total. The number of carbonyl (C=O) groups excluding carboxylic acids is 1. The van der Waals surface area contributed by atoms with Gasteiger partial charge in [0.1, 0.15) is 16.8 Å². The molecule has 0 bridgehead atoms. The minimum absolute atomic E-state index is 0.0337. The number of nitro groups is 1. The average molecular weight is 357 g/mol. The number of hydrogen-bond donors (Lipinski definition) is 0. The first kappa shape index (κ1) is 16.8. The van der Waals surface area contributed by atoms with Crippen LogP contribution in [0.2, 0.25) is 0 Å². The fourth-order valence-electron chi connectivity index (χ4n) is 2.58. The van der Waals surface area contributed by atoms with Gasteiger partial charge < -0.3 is 9.30 Å². The fourth-order valence-corrected chi connectivity index (χ4v) is 3.68. The number of hydrogen-bond acceptors (Lipinski definition) is 5. The molecular weight excluding hydrogens is 342 g/mol. The Balaban J connectivity index is 2.20. The number of nitro benzene ring substituents is 1. The van der Waals surface area contributed by atoms with Crippen LogP contribution in [0.15, 0.2) is 41.4 Å². The summed E-state index contributed by atoms with van der Waals surface area (Å²) >= 11 is 1.34. The molecule has 2 aromatic carbocycles. The lowest BCUT2D eigenvalue weighted by atomic mass is 10.2. The van der Waals surface area contributed by atoms with Crippen LogP contribution in [0.25, 0.3) is 10.2 Å². The highest BCUT2D eigenvalue weighted by molar-refractivity contribution is 7.16. The monoisotopic (exact) mass is 357 g/mol. The topological polar surface area (TPSA) is 86.7 Å². The molecule has 0 unspecified atom stereocenters. The molecule has 25 heavy (non-hydrogen) atoms. The molecule has 0 fully saturated rings. The highest BCUT2D eigenvalue weighted by Crippen LogP contribution is 2.29. The molecule has 128 valence electrons. The van der Waals surface area contributed by atoms with Crippen LogP contribution in [-0.2, 0) is 7.05 Å². The molecule has 0 saturated carbocycles. The Kier molecular flexibility index (Phi) is 4.37. The van der Waals surface area contributed by atoms with Crippen molar-refractivity contribution >= 4 is 33.1 Å². The van der Waals surface area contributed by atoms with Crippen LogP contribution in [0.1, 0.15) is 15.9 Å². The normalized spacial score (nSPS) is 11.7. The summed E-state index contributed by atoms with van der Waals surface area (Å²) in [7, 11) is 3.36. The summed E-state index contributed by atoms with van der Waals surface area (Å²) in [6, 6.07) is 9.59. The zero-order valence-electron chi connectivity index (χ0n) is 13.8. The Morgan fingerprint density at radius 2 is 2.00 bits per heavy atom. The number of ether oxygens (including phenoxy) is 1. The maximum atomic E-state index is 12.5. The zero-order valence-corrected chi connectivity index (χ0v) is 14.7. The Hall–Kier alpha value is -3.00. The maximum absolute atomic E-state index is 12.5. The van der Waals surface area contributed by atoms with Crippen LogP contribution < -0.4 is 9.54 Å². The predicted molar refractivity (Wildman–Crippen MR) is 95.1 cm³/mol. The highest BCUT2D eigenvalue weighted by atomic mass is 32.1. The summed E-state index contributed by atoms with van der Waals surface area (Å²) in [5.41, 5.74) is 1.58. The number of nitrogens with zero attached hydrogens (tertiary/aromatic N) is 3. The van der Waals surface area contributed by atoms with Crippen LogP contribution in [0.5, 0.6) is 5.75 Å². The molecule has 3 rings (SSSR count). The average Bonchev–Trinajstić information content (AvgIpc) is 2.93. The van der Waals surface area contributed by atoms with Crippen LogP contribution >= 0.6 is 11.3 Å². The van der Waals surface area contributed by atoms with Crippen molar-refractivity contribution < 1.29 is 14.5 Å². The first-order chi connectivity index (χ1) is 11.9. The molecule has 1 aromatic heterocycles. The highest BCUT2D eigenvalue weighted by Gasteiger charge is 2.19. The van der Waals surface area contributed by atoms with Crippen molar-refractivity contribution in [2.45, 2.75) is 6.92 Å². The first-order valence-corrected chi connectivity index (χ1v) is 8.21. The molecular formula is C17H15N3O4S. The number of fused-ring (bicyclic) bond motifs is 1. The van der Waals surface area contributed by atoms with Crippen molar-refractivity contribution in [2.24, 2.45) is 12.0 Å². The molecule has 0 aliphatic rings. The lowest BCUT2D eigenvalue weighted by Gasteiger charge is -2.05. The molecule has 0 atom stereocenters. The number of aromatic nitrogens is 1. The van der Waals surface area contributed by atoms with Gasteiger partial charge in [-0.15, -0.1) is 0 Å². The third kappa shape index (κ3) is 2.91. The van der Waals surface area contributed by atoms with E-state index in [0.717, 1.165) is 15.8 Å². The summed E-state index contributed by atoms with van der Waals surface area (Å²) < 4.78 is 8.10. The van der Waals surface area contributed by atoms with Gasteiger partial charge in [-0.3, -0.25) is 14.9 Å². The van der Waals surface area contributed by atoms with Gasteiger partial charge in [0.2, 0.25) is 0 Å². The second kappa shape index (κ2) is 6.48. The van der Waals surface area contributed by atoms with Crippen molar-refractivity contribution in [3.05, 3.63) is 62.4 Å². The Labute approximate surface area is 147 Å². The molecule has 0 radical (unpaired) electrons. The molecule has 0 aliphatic heterocycles. The third-order valence-corrected chi connectivity index (χ3v) is 5.12. The van der Waals surface area contributed by atoms with Gasteiger partial charge in [0.25, 0.3) is 11.6 Å². The van der Waals surface area contributed by atoms with Gasteiger partial charge in [-0.2, -0.15) is 4.99 Å². The van der Waals surface area contributed by atoms with Gasteiger partial charge in [0, 0.05) is 13.1 Å². The Bertz CT molecular complexity index is 1070. The predicted octanol–water partition coefficient (Wildman–Crippen LogP) is 3.21. The van der Waals surface area contributed by atoms with E-state index in [4.69, 9.17) is 4.74 Å². The summed E-state index contributed by atoms with van der Waals surface area (Å²) in [5, 5.41) is 11.1. The van der Waals surface area contributed by atoms with Gasteiger partial charge in [0.05, 0.1) is 16.7 Å². The Morgan fingerprint density at radius 3 is 2.68 bits per heavy atom. The van der Waals surface area contributed by atoms with Gasteiger partial charge in [0.15, 0.2) is 4.80 Å². The zero-order chi connectivity index (χ0) is 18.1. The van der Waals surface area contributed by atoms with Gasteiger partial charge in [-0.05, 0) is 24.6 Å². The number of amides is 1. The van der Waals surface area contributed by atoms with Crippen molar-refractivity contribution in [1.82, 2.24) is 4.57 Å². The van der Waals surface area contributed by atoms with Gasteiger partial charge >= 0.3 is 0 Å². The SMILES string of the molecule is COc1ccc(C)c2sc(=NC(=O)c3ccccc3[N+](=O)[O-])n(C)c12. The van der Waals surface area contributed by atoms with Crippen LogP contribution in [0.3, 0.4) is 0 Å². The molecule has 0 aliphatic carbocycles. The van der Waals surface area contributed by atoms with E-state index in [-0.39, 0.29) is 11.3 Å². The quantitative estimate of drug-likeness (QED) is 0.532. The second-order valence-electron chi connectivity index (χ2n) is 5.40. The molecule has 8 heteroatoms. The van der Waals surface area contributed by atoms with E-state index in [1.807, 2.05) is 19.1 Å². The molecule has 3 aromatic rings. The van der Waals surface area contributed by atoms with Crippen LogP contribution in [0, 0.1) is 17.0 Å². The summed E-state index contributed by atoms with van der Waals surface area (Å²) in [5.74, 6) is 0.0324. The lowest BCUT2D eigenvalue weighted by molar-refractivity contribution is -0.385. The number of thiazole rings is 1. The maximum Gasteiger partial charge on any atom is 0.286 e. The minimum atomic E-state index is -0.647. The first-order valence-electron chi connectivity index (χ1n) is 7.39. The second-order valence-corrected chi connectivity index (χ2v) is 6.37. The van der Waals surface area contributed by atoms with E-state index in [9.17, 15) is 14.9 Å². The molecule has 0 N–H and O–H groups in total. The number of methoxy groups -OCH3 is 1. The molecule has 0 saturated heterocycles. The summed E-state index contributed by atoms with van der Waals surface area (Å²) in [6.45, 7) is 1.96. The van der Waals surface area contributed by atoms with E-state index >= 15 is 0 Å². The van der Waals surface area contributed by atoms with Gasteiger partial charge in [-0.25, -0.2) is 0 Å². The van der Waals surface area contributed by atoms with E-state index in [1.165, 1.54) is 29.5 Å².